The number of benzene rings is 4. The maximum Gasteiger partial charge on any atom is 0.425 e. The molecule has 0 saturated carbocycles. The van der Waals surface area contributed by atoms with Gasteiger partial charge in [-0.05, 0) is 41.8 Å². The molecule has 13 nitrogen and oxygen atoms in total. The van der Waals surface area contributed by atoms with Crippen molar-refractivity contribution >= 4 is 59.9 Å². The number of nitrogens with zero attached hydrogens (tertiary/aromatic N) is 2. The standard InChI is InChI=1S/C23H20N4O6S.Cu.O3S/c1-24-14-11-17(23(30)20(12-14)34(31,32)33)26-27-22-16(25-15-6-2-3-7-18(15)28)10-9-13-5-4-8-19(29)21(13)22;;1-4(2)3/h2-12,24-25,28-30H,1H3,(H,31,32,33);;. The Kier molecular flexibility index (Phi) is 10.4. The fourth-order valence-corrected chi connectivity index (χ4v) is 4.01. The summed E-state index contributed by atoms with van der Waals surface area (Å²) in [6.07, 6.45) is 0. The van der Waals surface area contributed by atoms with Crippen molar-refractivity contribution in [1.82, 2.24) is 0 Å². The normalized spacial score (nSPS) is 10.8. The summed E-state index contributed by atoms with van der Waals surface area (Å²) < 4.78 is 58.2. The third-order valence-electron chi connectivity index (χ3n) is 5.05. The summed E-state index contributed by atoms with van der Waals surface area (Å²) in [5.41, 5.74) is 0.940. The van der Waals surface area contributed by atoms with Gasteiger partial charge in [0.2, 0.25) is 0 Å². The molecule has 0 atom stereocenters. The third-order valence-corrected chi connectivity index (χ3v) is 5.92. The van der Waals surface area contributed by atoms with Crippen LogP contribution in [0.2, 0.25) is 0 Å². The summed E-state index contributed by atoms with van der Waals surface area (Å²) in [5, 5.41) is 46.1. The Morgan fingerprint density at radius 1 is 0.821 bits per heavy atom. The molecule has 0 aliphatic heterocycles. The molecule has 0 aromatic heterocycles. The second kappa shape index (κ2) is 13.0. The van der Waals surface area contributed by atoms with Crippen LogP contribution in [0.4, 0.5) is 28.4 Å². The zero-order valence-corrected chi connectivity index (χ0v) is 22.3. The first-order valence-electron chi connectivity index (χ1n) is 10.4. The molecule has 0 bridgehead atoms. The van der Waals surface area contributed by atoms with E-state index in [2.05, 4.69) is 20.9 Å². The summed E-state index contributed by atoms with van der Waals surface area (Å²) in [5.74, 6) is -0.885. The number of fused-ring (bicyclic) bond motifs is 1. The number of phenols is 3. The van der Waals surface area contributed by atoms with Gasteiger partial charge in [0.1, 0.15) is 27.8 Å². The van der Waals surface area contributed by atoms with Gasteiger partial charge in [-0.15, -0.1) is 22.9 Å². The van der Waals surface area contributed by atoms with Gasteiger partial charge in [0, 0.05) is 29.8 Å². The van der Waals surface area contributed by atoms with E-state index in [4.69, 9.17) is 12.6 Å². The summed E-state index contributed by atoms with van der Waals surface area (Å²) in [6, 6.07) is 17.2. The van der Waals surface area contributed by atoms with Gasteiger partial charge in [0.25, 0.3) is 10.1 Å². The molecule has 0 fully saturated rings. The van der Waals surface area contributed by atoms with Crippen molar-refractivity contribution in [2.24, 2.45) is 10.2 Å². The van der Waals surface area contributed by atoms with E-state index in [0.717, 1.165) is 6.07 Å². The smallest absolute Gasteiger partial charge is 0.425 e. The van der Waals surface area contributed by atoms with E-state index in [1.807, 2.05) is 0 Å². The molecule has 6 N–H and O–H groups in total. The number of phenolic OH excluding ortho intramolecular Hbond substituents is 3. The Bertz CT molecular complexity index is 1760. The summed E-state index contributed by atoms with van der Waals surface area (Å²) in [4.78, 5) is -0.735. The van der Waals surface area contributed by atoms with Gasteiger partial charge in [-0.1, -0.05) is 30.3 Å². The monoisotopic (exact) mass is 623 g/mol. The molecule has 0 heterocycles. The van der Waals surface area contributed by atoms with Crippen LogP contribution in [0.5, 0.6) is 17.2 Å². The molecule has 0 amide bonds. The number of para-hydroxylation sites is 2. The Balaban J connectivity index is 0.000000998. The van der Waals surface area contributed by atoms with Crippen molar-refractivity contribution in [2.45, 2.75) is 4.90 Å². The zero-order chi connectivity index (χ0) is 28.0. The third kappa shape index (κ3) is 7.65. The Hall–Kier alpha value is -4.21. The SMILES string of the molecule is CNc1cc(N=Nc2c(Nc3ccccc3O)ccc3cccc(O)c23)c(O)c(S(=O)(=O)O)c1.O=S(=O)=O.[Cu]. The van der Waals surface area contributed by atoms with Crippen molar-refractivity contribution in [2.75, 3.05) is 17.7 Å². The molecule has 4 aromatic rings. The first kappa shape index (κ1) is 31.0. The van der Waals surface area contributed by atoms with Crippen LogP contribution in [0.15, 0.2) is 81.9 Å². The molecule has 0 spiro atoms. The molecule has 0 aliphatic carbocycles. The Morgan fingerprint density at radius 2 is 1.46 bits per heavy atom. The van der Waals surface area contributed by atoms with Crippen LogP contribution in [0.3, 0.4) is 0 Å². The van der Waals surface area contributed by atoms with Crippen molar-refractivity contribution in [1.29, 1.82) is 0 Å². The minimum absolute atomic E-state index is 0. The van der Waals surface area contributed by atoms with E-state index < -0.39 is 31.4 Å². The van der Waals surface area contributed by atoms with Crippen molar-refractivity contribution in [3.63, 3.8) is 0 Å². The van der Waals surface area contributed by atoms with E-state index >= 15 is 0 Å². The van der Waals surface area contributed by atoms with Crippen LogP contribution in [-0.4, -0.2) is 48.0 Å². The van der Waals surface area contributed by atoms with E-state index in [1.54, 1.807) is 42.5 Å². The minimum Gasteiger partial charge on any atom is -0.507 e. The largest absolute Gasteiger partial charge is 0.507 e. The maximum atomic E-state index is 11.7. The molecule has 0 unspecified atom stereocenters. The van der Waals surface area contributed by atoms with Crippen LogP contribution in [0.1, 0.15) is 0 Å². The van der Waals surface area contributed by atoms with Gasteiger partial charge in [-0.3, -0.25) is 4.55 Å². The maximum absolute atomic E-state index is 11.7. The predicted molar refractivity (Wildman–Crippen MR) is 138 cm³/mol. The van der Waals surface area contributed by atoms with Gasteiger partial charge in [0.15, 0.2) is 5.75 Å². The van der Waals surface area contributed by atoms with Crippen LogP contribution >= 0.6 is 0 Å². The van der Waals surface area contributed by atoms with Gasteiger partial charge in [-0.2, -0.15) is 8.42 Å². The first-order valence-corrected chi connectivity index (χ1v) is 12.9. The number of aromatic hydroxyl groups is 3. The van der Waals surface area contributed by atoms with Crippen LogP contribution < -0.4 is 10.6 Å². The number of hydrogen-bond acceptors (Lipinski definition) is 12. The molecule has 0 aliphatic rings. The number of nitrogens with one attached hydrogen (secondary N) is 2. The van der Waals surface area contributed by atoms with Crippen LogP contribution in [-0.2, 0) is 37.8 Å². The van der Waals surface area contributed by atoms with Gasteiger partial charge < -0.3 is 26.0 Å². The average molecular weight is 624 g/mol. The molecule has 16 heteroatoms. The average Bonchev–Trinajstić information content (AvgIpc) is 2.84. The summed E-state index contributed by atoms with van der Waals surface area (Å²) >= 11 is 0. The predicted octanol–water partition coefficient (Wildman–Crippen LogP) is 4.40. The van der Waals surface area contributed by atoms with Crippen LogP contribution in [0.25, 0.3) is 10.8 Å². The van der Waals surface area contributed by atoms with Crippen molar-refractivity contribution in [3.05, 3.63) is 66.7 Å². The fourth-order valence-electron chi connectivity index (χ4n) is 3.38. The molecular formula is C23H20CuN4O9S2. The fraction of sp³-hybridized carbons (Fsp3) is 0.0435. The van der Waals surface area contributed by atoms with Crippen LogP contribution in [0, 0.1) is 0 Å². The first-order chi connectivity index (χ1) is 17.9. The van der Waals surface area contributed by atoms with E-state index in [-0.39, 0.29) is 45.6 Å². The molecule has 1 radical (unpaired) electrons. The number of rotatable bonds is 6. The molecular weight excluding hydrogens is 604 g/mol. The van der Waals surface area contributed by atoms with Crippen molar-refractivity contribution < 1.29 is 58.0 Å². The molecule has 4 rings (SSSR count). The molecule has 39 heavy (non-hydrogen) atoms. The van der Waals surface area contributed by atoms with Gasteiger partial charge in [-0.25, -0.2) is 0 Å². The zero-order valence-electron chi connectivity index (χ0n) is 19.7. The van der Waals surface area contributed by atoms with E-state index in [0.29, 0.717) is 22.1 Å². The minimum atomic E-state index is -4.74. The van der Waals surface area contributed by atoms with Gasteiger partial charge >= 0.3 is 10.6 Å². The molecule has 209 valence electrons. The molecule has 0 saturated heterocycles. The van der Waals surface area contributed by atoms with Crippen molar-refractivity contribution in [3.8, 4) is 17.2 Å². The summed E-state index contributed by atoms with van der Waals surface area (Å²) in [7, 11) is -6.32. The second-order valence-electron chi connectivity index (χ2n) is 7.45. The van der Waals surface area contributed by atoms with E-state index in [1.165, 1.54) is 25.2 Å². The topological polar surface area (TPSA) is 215 Å². The van der Waals surface area contributed by atoms with Gasteiger partial charge in [0.05, 0.1) is 16.8 Å². The number of hydrogen-bond donors (Lipinski definition) is 6. The second-order valence-corrected chi connectivity index (χ2v) is 9.25. The number of anilines is 3. The molecule has 4 aromatic carbocycles. The quantitative estimate of drug-likeness (QED) is 0.0581. The number of azo groups is 1. The summed E-state index contributed by atoms with van der Waals surface area (Å²) in [6.45, 7) is 0. The Labute approximate surface area is 234 Å². The van der Waals surface area contributed by atoms with E-state index in [9.17, 15) is 28.3 Å². The Morgan fingerprint density at radius 3 is 2.08 bits per heavy atom.